The summed E-state index contributed by atoms with van der Waals surface area (Å²) in [6.07, 6.45) is 3.10. The SMILES string of the molecule is Cc1ccc(-c2nn(Cc3ccccc3)cc2C(=O)Nc2ncn[nH]2)cc1. The van der Waals surface area contributed by atoms with Crippen molar-refractivity contribution in [2.24, 2.45) is 0 Å². The van der Waals surface area contributed by atoms with Gasteiger partial charge in [0.15, 0.2) is 0 Å². The molecule has 4 rings (SSSR count). The summed E-state index contributed by atoms with van der Waals surface area (Å²) in [7, 11) is 0. The number of aryl methyl sites for hydroxylation is 1. The van der Waals surface area contributed by atoms with E-state index in [-0.39, 0.29) is 5.91 Å². The quantitative estimate of drug-likeness (QED) is 0.573. The van der Waals surface area contributed by atoms with Gasteiger partial charge in [-0.25, -0.2) is 5.10 Å². The fourth-order valence-electron chi connectivity index (χ4n) is 2.80. The molecule has 134 valence electrons. The number of hydrogen-bond acceptors (Lipinski definition) is 4. The number of aromatic nitrogens is 5. The van der Waals surface area contributed by atoms with Gasteiger partial charge >= 0.3 is 0 Å². The lowest BCUT2D eigenvalue weighted by molar-refractivity contribution is 0.102. The van der Waals surface area contributed by atoms with Crippen molar-refractivity contribution in [3.63, 3.8) is 0 Å². The van der Waals surface area contributed by atoms with Gasteiger partial charge in [-0.15, -0.1) is 0 Å². The van der Waals surface area contributed by atoms with E-state index in [4.69, 9.17) is 0 Å². The number of rotatable bonds is 5. The Morgan fingerprint density at radius 1 is 1.11 bits per heavy atom. The minimum absolute atomic E-state index is 0.290. The van der Waals surface area contributed by atoms with E-state index in [1.54, 1.807) is 10.9 Å². The van der Waals surface area contributed by atoms with Crippen molar-refractivity contribution in [2.45, 2.75) is 13.5 Å². The van der Waals surface area contributed by atoms with Crippen molar-refractivity contribution in [3.05, 3.63) is 83.8 Å². The molecule has 0 aliphatic heterocycles. The van der Waals surface area contributed by atoms with Crippen LogP contribution in [0.3, 0.4) is 0 Å². The molecule has 2 aromatic heterocycles. The van der Waals surface area contributed by atoms with E-state index in [9.17, 15) is 4.79 Å². The van der Waals surface area contributed by atoms with E-state index in [0.29, 0.717) is 23.8 Å². The average Bonchev–Trinajstić information content (AvgIpc) is 3.33. The minimum Gasteiger partial charge on any atom is -0.291 e. The van der Waals surface area contributed by atoms with Crippen LogP contribution in [0.1, 0.15) is 21.5 Å². The largest absolute Gasteiger partial charge is 0.291 e. The maximum atomic E-state index is 12.8. The molecule has 0 aliphatic carbocycles. The van der Waals surface area contributed by atoms with Crippen LogP contribution in [0.25, 0.3) is 11.3 Å². The summed E-state index contributed by atoms with van der Waals surface area (Å²) >= 11 is 0. The third kappa shape index (κ3) is 3.77. The molecule has 0 spiro atoms. The number of nitrogens with one attached hydrogen (secondary N) is 2. The zero-order valence-electron chi connectivity index (χ0n) is 14.8. The summed E-state index contributed by atoms with van der Waals surface area (Å²) in [5, 5.41) is 13.8. The fraction of sp³-hybridized carbons (Fsp3) is 0.100. The van der Waals surface area contributed by atoms with Gasteiger partial charge in [-0.05, 0) is 12.5 Å². The number of carbonyl (C=O) groups excluding carboxylic acids is 1. The molecule has 1 amide bonds. The lowest BCUT2D eigenvalue weighted by Crippen LogP contribution is -2.13. The molecule has 2 N–H and O–H groups in total. The van der Waals surface area contributed by atoms with Gasteiger partial charge in [0.05, 0.1) is 12.1 Å². The van der Waals surface area contributed by atoms with Crippen LogP contribution in [0.4, 0.5) is 5.95 Å². The van der Waals surface area contributed by atoms with Gasteiger partial charge in [0.2, 0.25) is 5.95 Å². The van der Waals surface area contributed by atoms with Crippen molar-refractivity contribution >= 4 is 11.9 Å². The summed E-state index contributed by atoms with van der Waals surface area (Å²) in [6.45, 7) is 2.60. The molecule has 7 nitrogen and oxygen atoms in total. The highest BCUT2D eigenvalue weighted by Crippen LogP contribution is 2.24. The first-order valence-electron chi connectivity index (χ1n) is 8.54. The van der Waals surface area contributed by atoms with Gasteiger partial charge in [0, 0.05) is 11.8 Å². The highest BCUT2D eigenvalue weighted by molar-refractivity contribution is 6.07. The van der Waals surface area contributed by atoms with Gasteiger partial charge in [-0.2, -0.15) is 15.2 Å². The Kier molecular flexibility index (Phi) is 4.49. The second kappa shape index (κ2) is 7.25. The zero-order valence-corrected chi connectivity index (χ0v) is 14.8. The van der Waals surface area contributed by atoms with Crippen molar-refractivity contribution in [1.82, 2.24) is 25.0 Å². The molecule has 0 bridgehead atoms. The molecule has 0 fully saturated rings. The summed E-state index contributed by atoms with van der Waals surface area (Å²) in [5.41, 5.74) is 4.25. The van der Waals surface area contributed by atoms with Gasteiger partial charge in [0.1, 0.15) is 12.0 Å². The summed E-state index contributed by atoms with van der Waals surface area (Å²) < 4.78 is 1.78. The van der Waals surface area contributed by atoms with E-state index >= 15 is 0 Å². The number of nitrogens with zero attached hydrogens (tertiary/aromatic N) is 4. The van der Waals surface area contributed by atoms with Crippen LogP contribution in [0.5, 0.6) is 0 Å². The summed E-state index contributed by atoms with van der Waals surface area (Å²) in [5.74, 6) is 0.00676. The number of benzene rings is 2. The molecule has 0 atom stereocenters. The predicted octanol–water partition coefficient (Wildman–Crippen LogP) is 3.28. The normalized spacial score (nSPS) is 10.7. The second-order valence-corrected chi connectivity index (χ2v) is 6.23. The maximum absolute atomic E-state index is 12.8. The first-order valence-corrected chi connectivity index (χ1v) is 8.54. The number of aromatic amines is 1. The van der Waals surface area contributed by atoms with E-state index in [1.807, 2.05) is 61.5 Å². The molecule has 2 aromatic carbocycles. The first kappa shape index (κ1) is 16.7. The third-order valence-electron chi connectivity index (χ3n) is 4.17. The third-order valence-corrected chi connectivity index (χ3v) is 4.17. The molecule has 0 saturated heterocycles. The van der Waals surface area contributed by atoms with Crippen LogP contribution in [0.15, 0.2) is 67.1 Å². The number of carbonyl (C=O) groups is 1. The Bertz CT molecular complexity index is 1040. The number of H-pyrrole nitrogens is 1. The average molecular weight is 358 g/mol. The van der Waals surface area contributed by atoms with E-state index in [2.05, 4.69) is 25.6 Å². The Balaban J connectivity index is 1.70. The highest BCUT2D eigenvalue weighted by atomic mass is 16.1. The van der Waals surface area contributed by atoms with Crippen molar-refractivity contribution in [3.8, 4) is 11.3 Å². The summed E-state index contributed by atoms with van der Waals surface area (Å²) in [4.78, 5) is 16.7. The van der Waals surface area contributed by atoms with Crippen molar-refractivity contribution in [2.75, 3.05) is 5.32 Å². The second-order valence-electron chi connectivity index (χ2n) is 6.23. The molecule has 7 heteroatoms. The molecule has 0 radical (unpaired) electrons. The van der Waals surface area contributed by atoms with Crippen LogP contribution in [0.2, 0.25) is 0 Å². The van der Waals surface area contributed by atoms with Crippen LogP contribution in [0, 0.1) is 6.92 Å². The van der Waals surface area contributed by atoms with Gasteiger partial charge in [0.25, 0.3) is 5.91 Å². The molecule has 0 saturated carbocycles. The lowest BCUT2D eigenvalue weighted by Gasteiger charge is -2.03. The van der Waals surface area contributed by atoms with Crippen LogP contribution in [-0.4, -0.2) is 30.9 Å². The molecule has 2 heterocycles. The smallest absolute Gasteiger partial charge is 0.261 e. The molecular weight excluding hydrogens is 340 g/mol. The monoisotopic (exact) mass is 358 g/mol. The molecule has 27 heavy (non-hydrogen) atoms. The summed E-state index contributed by atoms with van der Waals surface area (Å²) in [6, 6.07) is 17.9. The van der Waals surface area contributed by atoms with Crippen LogP contribution in [-0.2, 0) is 6.54 Å². The van der Waals surface area contributed by atoms with Crippen molar-refractivity contribution in [1.29, 1.82) is 0 Å². The molecule has 0 aliphatic rings. The first-order chi connectivity index (χ1) is 13.2. The Morgan fingerprint density at radius 2 is 1.89 bits per heavy atom. The maximum Gasteiger partial charge on any atom is 0.261 e. The predicted molar refractivity (Wildman–Crippen MR) is 102 cm³/mol. The molecule has 0 unspecified atom stereocenters. The van der Waals surface area contributed by atoms with Crippen LogP contribution < -0.4 is 5.32 Å². The minimum atomic E-state index is -0.290. The fourth-order valence-corrected chi connectivity index (χ4v) is 2.80. The number of hydrogen-bond donors (Lipinski definition) is 2. The topological polar surface area (TPSA) is 88.5 Å². The molecule has 4 aromatic rings. The van der Waals surface area contributed by atoms with Crippen molar-refractivity contribution < 1.29 is 4.79 Å². The number of anilines is 1. The van der Waals surface area contributed by atoms with Crippen LogP contribution >= 0.6 is 0 Å². The van der Waals surface area contributed by atoms with E-state index in [1.165, 1.54) is 6.33 Å². The lowest BCUT2D eigenvalue weighted by atomic mass is 10.1. The standard InChI is InChI=1S/C20H18N6O/c1-14-7-9-16(10-8-14)18-17(19(27)23-20-21-13-22-24-20)12-26(25-18)11-15-5-3-2-4-6-15/h2-10,12-13H,11H2,1H3,(H2,21,22,23,24,27). The number of amides is 1. The highest BCUT2D eigenvalue weighted by Gasteiger charge is 2.19. The van der Waals surface area contributed by atoms with E-state index in [0.717, 1.165) is 16.7 Å². The van der Waals surface area contributed by atoms with E-state index < -0.39 is 0 Å². The van der Waals surface area contributed by atoms with Gasteiger partial charge in [-0.3, -0.25) is 14.8 Å². The molecular formula is C20H18N6O. The Labute approximate surface area is 156 Å². The van der Waals surface area contributed by atoms with Gasteiger partial charge in [-0.1, -0.05) is 60.2 Å². The zero-order chi connectivity index (χ0) is 18.6. The Morgan fingerprint density at radius 3 is 2.59 bits per heavy atom. The van der Waals surface area contributed by atoms with Gasteiger partial charge < -0.3 is 0 Å². The Hall–Kier alpha value is -3.74.